The first-order chi connectivity index (χ1) is 12.1. The summed E-state index contributed by atoms with van der Waals surface area (Å²) >= 11 is 1.61. The molecule has 0 saturated carbocycles. The van der Waals surface area contributed by atoms with E-state index in [1.807, 2.05) is 56.3 Å². The van der Waals surface area contributed by atoms with Gasteiger partial charge in [-0.3, -0.25) is 4.79 Å². The Kier molecular flexibility index (Phi) is 3.77. The maximum Gasteiger partial charge on any atom is 0.256 e. The number of thiazole rings is 1. The zero-order chi connectivity index (χ0) is 17.4. The predicted molar refractivity (Wildman–Crippen MR) is 98.4 cm³/mol. The molecule has 1 amide bonds. The van der Waals surface area contributed by atoms with E-state index in [1.165, 1.54) is 0 Å². The van der Waals surface area contributed by atoms with Gasteiger partial charge in [0.05, 0.1) is 20.9 Å². The second-order valence-electron chi connectivity index (χ2n) is 5.64. The number of pyridine rings is 1. The Labute approximate surface area is 148 Å². The van der Waals surface area contributed by atoms with E-state index >= 15 is 0 Å². The second kappa shape index (κ2) is 6.10. The topological polar surface area (TPSA) is 72.7 Å². The van der Waals surface area contributed by atoms with Crippen LogP contribution in [0.4, 0.5) is 5.82 Å². The first kappa shape index (κ1) is 15.5. The molecule has 0 spiro atoms. The normalized spacial score (nSPS) is 11.0. The number of benzene rings is 1. The third-order valence-corrected chi connectivity index (χ3v) is 4.65. The Morgan fingerprint density at radius 3 is 2.84 bits per heavy atom. The molecule has 0 unspecified atom stereocenters. The van der Waals surface area contributed by atoms with Gasteiger partial charge in [0.1, 0.15) is 5.82 Å². The Morgan fingerprint density at radius 2 is 2.04 bits per heavy atom. The third kappa shape index (κ3) is 3.01. The lowest BCUT2D eigenvalue weighted by atomic mass is 10.2. The Hall–Kier alpha value is -3.06. The fraction of sp³-hybridized carbons (Fsp3) is 0.111. The summed E-state index contributed by atoms with van der Waals surface area (Å²) in [5.74, 6) is 1.02. The number of fused-ring (bicyclic) bond motifs is 1. The summed E-state index contributed by atoms with van der Waals surface area (Å²) in [6.45, 7) is 3.83. The summed E-state index contributed by atoms with van der Waals surface area (Å²) in [5.41, 5.74) is 2.19. The molecule has 0 bridgehead atoms. The van der Waals surface area contributed by atoms with Gasteiger partial charge in [0.15, 0.2) is 5.82 Å². The molecule has 0 radical (unpaired) electrons. The molecule has 7 heteroatoms. The lowest BCUT2D eigenvalue weighted by Crippen LogP contribution is -2.15. The van der Waals surface area contributed by atoms with Crippen molar-refractivity contribution in [3.63, 3.8) is 0 Å². The fourth-order valence-electron chi connectivity index (χ4n) is 2.61. The number of hydrogen-bond acceptors (Lipinski definition) is 5. The highest BCUT2D eigenvalue weighted by atomic mass is 32.1. The minimum Gasteiger partial charge on any atom is -0.306 e. The molecule has 4 rings (SSSR count). The van der Waals surface area contributed by atoms with E-state index in [9.17, 15) is 4.79 Å². The minimum atomic E-state index is -0.204. The largest absolute Gasteiger partial charge is 0.306 e. The number of hydrogen-bond donors (Lipinski definition) is 1. The van der Waals surface area contributed by atoms with Crippen molar-refractivity contribution < 1.29 is 4.79 Å². The van der Waals surface area contributed by atoms with Crippen LogP contribution in [0.5, 0.6) is 0 Å². The second-order valence-corrected chi connectivity index (χ2v) is 6.87. The van der Waals surface area contributed by atoms with E-state index in [2.05, 4.69) is 20.4 Å². The molecule has 25 heavy (non-hydrogen) atoms. The van der Waals surface area contributed by atoms with Crippen LogP contribution in [0.15, 0.2) is 48.7 Å². The summed E-state index contributed by atoms with van der Waals surface area (Å²) in [5, 5.41) is 8.31. The van der Waals surface area contributed by atoms with E-state index in [0.717, 1.165) is 20.9 Å². The lowest BCUT2D eigenvalue weighted by molar-refractivity contribution is 0.102. The minimum absolute atomic E-state index is 0.204. The molecule has 0 atom stereocenters. The quantitative estimate of drug-likeness (QED) is 0.611. The standard InChI is InChI=1S/C18H15N5OS/c1-11-9-17(23(22-11)16-5-3-4-8-19-16)21-18(24)13-6-7-15-14(10-13)20-12(2)25-15/h3-10H,1-2H3,(H,21,24). The highest BCUT2D eigenvalue weighted by molar-refractivity contribution is 7.18. The number of carbonyl (C=O) groups is 1. The molecule has 1 N–H and O–H groups in total. The number of aryl methyl sites for hydroxylation is 2. The van der Waals surface area contributed by atoms with Gasteiger partial charge in [-0.05, 0) is 44.2 Å². The van der Waals surface area contributed by atoms with E-state index < -0.39 is 0 Å². The smallest absolute Gasteiger partial charge is 0.256 e. The van der Waals surface area contributed by atoms with Crippen molar-refractivity contribution in [3.8, 4) is 5.82 Å². The molecule has 0 aliphatic carbocycles. The van der Waals surface area contributed by atoms with Crippen molar-refractivity contribution in [3.05, 3.63) is 64.9 Å². The first-order valence-corrected chi connectivity index (χ1v) is 8.58. The highest BCUT2D eigenvalue weighted by Crippen LogP contribution is 2.23. The third-order valence-electron chi connectivity index (χ3n) is 3.70. The molecule has 124 valence electrons. The zero-order valence-electron chi connectivity index (χ0n) is 13.7. The molecule has 0 aliphatic rings. The van der Waals surface area contributed by atoms with Crippen molar-refractivity contribution in [1.29, 1.82) is 0 Å². The van der Waals surface area contributed by atoms with Crippen molar-refractivity contribution >= 4 is 33.3 Å². The Bertz CT molecular complexity index is 1070. The van der Waals surface area contributed by atoms with Crippen LogP contribution in [0.1, 0.15) is 21.1 Å². The van der Waals surface area contributed by atoms with E-state index in [1.54, 1.807) is 22.2 Å². The maximum atomic E-state index is 12.7. The number of amides is 1. The van der Waals surface area contributed by atoms with Crippen LogP contribution in [0, 0.1) is 13.8 Å². The number of carbonyl (C=O) groups excluding carboxylic acids is 1. The summed E-state index contributed by atoms with van der Waals surface area (Å²) in [6.07, 6.45) is 1.69. The summed E-state index contributed by atoms with van der Waals surface area (Å²) in [4.78, 5) is 21.4. The SMILES string of the molecule is Cc1cc(NC(=O)c2ccc3sc(C)nc3c2)n(-c2ccccn2)n1. The van der Waals surface area contributed by atoms with Gasteiger partial charge in [0.25, 0.3) is 5.91 Å². The van der Waals surface area contributed by atoms with E-state index in [0.29, 0.717) is 17.2 Å². The van der Waals surface area contributed by atoms with Gasteiger partial charge in [-0.2, -0.15) is 9.78 Å². The molecule has 3 aromatic heterocycles. The van der Waals surface area contributed by atoms with E-state index in [4.69, 9.17) is 0 Å². The van der Waals surface area contributed by atoms with Crippen LogP contribution >= 0.6 is 11.3 Å². The van der Waals surface area contributed by atoms with Crippen LogP contribution < -0.4 is 5.32 Å². The Balaban J connectivity index is 1.66. The van der Waals surface area contributed by atoms with Crippen LogP contribution in [-0.4, -0.2) is 25.7 Å². The molecule has 0 fully saturated rings. The maximum absolute atomic E-state index is 12.7. The number of rotatable bonds is 3. The summed E-state index contributed by atoms with van der Waals surface area (Å²) in [6, 6.07) is 12.9. The predicted octanol–water partition coefficient (Wildman–Crippen LogP) is 3.75. The van der Waals surface area contributed by atoms with Crippen LogP contribution in [0.25, 0.3) is 16.0 Å². The van der Waals surface area contributed by atoms with Crippen molar-refractivity contribution in [2.75, 3.05) is 5.32 Å². The van der Waals surface area contributed by atoms with Crippen molar-refractivity contribution in [1.82, 2.24) is 19.7 Å². The number of aromatic nitrogens is 4. The number of nitrogens with one attached hydrogen (secondary N) is 1. The molecule has 0 saturated heterocycles. The molecule has 0 aliphatic heterocycles. The van der Waals surface area contributed by atoms with Gasteiger partial charge in [0, 0.05) is 17.8 Å². The molecule has 3 heterocycles. The van der Waals surface area contributed by atoms with E-state index in [-0.39, 0.29) is 5.91 Å². The van der Waals surface area contributed by atoms with Gasteiger partial charge >= 0.3 is 0 Å². The van der Waals surface area contributed by atoms with Crippen LogP contribution in [-0.2, 0) is 0 Å². The molecule has 1 aromatic carbocycles. The Morgan fingerprint density at radius 1 is 1.16 bits per heavy atom. The average Bonchev–Trinajstić information content (AvgIpc) is 3.16. The van der Waals surface area contributed by atoms with Gasteiger partial charge < -0.3 is 5.32 Å². The monoisotopic (exact) mass is 349 g/mol. The number of nitrogens with zero attached hydrogens (tertiary/aromatic N) is 4. The van der Waals surface area contributed by atoms with Gasteiger partial charge in [-0.15, -0.1) is 11.3 Å². The summed E-state index contributed by atoms with van der Waals surface area (Å²) in [7, 11) is 0. The zero-order valence-corrected chi connectivity index (χ0v) is 14.5. The van der Waals surface area contributed by atoms with Crippen LogP contribution in [0.2, 0.25) is 0 Å². The van der Waals surface area contributed by atoms with Crippen molar-refractivity contribution in [2.24, 2.45) is 0 Å². The molecular formula is C18H15N5OS. The summed E-state index contributed by atoms with van der Waals surface area (Å²) < 4.78 is 2.70. The molecule has 4 aromatic rings. The fourth-order valence-corrected chi connectivity index (χ4v) is 3.42. The van der Waals surface area contributed by atoms with Crippen molar-refractivity contribution in [2.45, 2.75) is 13.8 Å². The highest BCUT2D eigenvalue weighted by Gasteiger charge is 2.14. The molecule has 6 nitrogen and oxygen atoms in total. The van der Waals surface area contributed by atoms with Gasteiger partial charge in [0.2, 0.25) is 0 Å². The van der Waals surface area contributed by atoms with Gasteiger partial charge in [-0.1, -0.05) is 6.07 Å². The molecular weight excluding hydrogens is 334 g/mol. The average molecular weight is 349 g/mol. The van der Waals surface area contributed by atoms with Gasteiger partial charge in [-0.25, -0.2) is 9.97 Å². The number of anilines is 1. The lowest BCUT2D eigenvalue weighted by Gasteiger charge is -2.08. The van der Waals surface area contributed by atoms with Crippen LogP contribution in [0.3, 0.4) is 0 Å². The first-order valence-electron chi connectivity index (χ1n) is 7.77.